The van der Waals surface area contributed by atoms with Gasteiger partial charge in [-0.3, -0.25) is 19.2 Å². The first-order valence-electron chi connectivity index (χ1n) is 18.1. The highest BCUT2D eigenvalue weighted by Gasteiger charge is 2.69. The molecule has 3 N–H and O–H groups in total. The summed E-state index contributed by atoms with van der Waals surface area (Å²) in [4.78, 5) is 51.5. The maximum Gasteiger partial charge on any atom is 0.220 e. The summed E-state index contributed by atoms with van der Waals surface area (Å²) in [6.07, 6.45) is 24.2. The maximum atomic E-state index is 13.3. The standard InChI is InChI=1S/C37H64O7/c1-3-5-7-9-11-13-15-16-18-20-22-24-26-28-32(39)37(44,36(43)33(40)29-30-34(36)41)35(42)31(38)27-25-23-21-19-17-14-12-10-8-6-4-2/h13,15,35,42-44H,3-12,14,16-30H2,1-2H3/b15-13+. The molecular weight excluding hydrogens is 556 g/mol. The van der Waals surface area contributed by atoms with Crippen LogP contribution in [0, 0.1) is 0 Å². The summed E-state index contributed by atoms with van der Waals surface area (Å²) in [5.74, 6) is -3.87. The predicted molar refractivity (Wildman–Crippen MR) is 176 cm³/mol. The molecule has 0 aromatic heterocycles. The first kappa shape index (κ1) is 40.3. The number of rotatable bonds is 29. The molecule has 0 saturated heterocycles. The smallest absolute Gasteiger partial charge is 0.220 e. The molecule has 1 aliphatic carbocycles. The van der Waals surface area contributed by atoms with Gasteiger partial charge in [0, 0.05) is 25.7 Å². The molecule has 0 spiro atoms. The van der Waals surface area contributed by atoms with Crippen molar-refractivity contribution < 1.29 is 34.5 Å². The molecule has 1 aliphatic rings. The Labute approximate surface area is 267 Å². The number of aliphatic hydroxyl groups excluding tert-OH is 1. The summed E-state index contributed by atoms with van der Waals surface area (Å²) in [5, 5.41) is 33.5. The Balaban J connectivity index is 2.53. The quantitative estimate of drug-likeness (QED) is 0.0441. The summed E-state index contributed by atoms with van der Waals surface area (Å²) in [6.45, 7) is 4.41. The lowest BCUT2D eigenvalue weighted by Crippen LogP contribution is -2.72. The number of ketones is 4. The molecule has 0 aliphatic heterocycles. The highest BCUT2D eigenvalue weighted by molar-refractivity contribution is 6.21. The fraction of sp³-hybridized carbons (Fsp3) is 0.838. The minimum atomic E-state index is -3.16. The van der Waals surface area contributed by atoms with Crippen LogP contribution in [0.1, 0.15) is 181 Å². The van der Waals surface area contributed by atoms with Crippen molar-refractivity contribution in [3.8, 4) is 0 Å². The molecule has 0 aromatic rings. The van der Waals surface area contributed by atoms with E-state index in [1.54, 1.807) is 0 Å². The third kappa shape index (κ3) is 13.3. The van der Waals surface area contributed by atoms with Crippen LogP contribution in [-0.4, -0.2) is 55.8 Å². The molecule has 1 saturated carbocycles. The highest BCUT2D eigenvalue weighted by Crippen LogP contribution is 2.38. The average molecular weight is 621 g/mol. The van der Waals surface area contributed by atoms with Gasteiger partial charge in [-0.25, -0.2) is 0 Å². The Bertz CT molecular complexity index is 848. The summed E-state index contributed by atoms with van der Waals surface area (Å²) in [5.41, 5.74) is -6.24. The van der Waals surface area contributed by atoms with E-state index in [4.69, 9.17) is 0 Å². The summed E-state index contributed by atoms with van der Waals surface area (Å²) < 4.78 is 0. The van der Waals surface area contributed by atoms with Gasteiger partial charge in [-0.05, 0) is 38.5 Å². The number of Topliss-reactive ketones (excluding diaryl/α,β-unsaturated/α-hetero) is 4. The number of hydrogen-bond acceptors (Lipinski definition) is 7. The number of carbonyl (C=O) groups excluding carboxylic acids is 4. The van der Waals surface area contributed by atoms with Crippen molar-refractivity contribution in [1.82, 2.24) is 0 Å². The van der Waals surface area contributed by atoms with Gasteiger partial charge in [0.1, 0.15) is 0 Å². The average Bonchev–Trinajstić information content (AvgIpc) is 3.29. The third-order valence-corrected chi connectivity index (χ3v) is 9.26. The van der Waals surface area contributed by atoms with E-state index >= 15 is 0 Å². The zero-order valence-corrected chi connectivity index (χ0v) is 28.1. The van der Waals surface area contributed by atoms with Gasteiger partial charge >= 0.3 is 0 Å². The van der Waals surface area contributed by atoms with E-state index in [0.717, 1.165) is 57.8 Å². The molecule has 7 nitrogen and oxygen atoms in total. The Kier molecular flexibility index (Phi) is 21.6. The zero-order chi connectivity index (χ0) is 32.7. The number of aliphatic hydroxyl groups is 3. The number of unbranched alkanes of at least 4 members (excludes halogenated alkanes) is 19. The van der Waals surface area contributed by atoms with Gasteiger partial charge in [0.2, 0.25) is 5.60 Å². The molecule has 254 valence electrons. The van der Waals surface area contributed by atoms with Crippen LogP contribution in [0.4, 0.5) is 0 Å². The van der Waals surface area contributed by atoms with Crippen molar-refractivity contribution in [2.24, 2.45) is 0 Å². The van der Waals surface area contributed by atoms with Gasteiger partial charge in [-0.1, -0.05) is 129 Å². The first-order valence-corrected chi connectivity index (χ1v) is 18.1. The molecule has 7 heteroatoms. The van der Waals surface area contributed by atoms with E-state index in [9.17, 15) is 34.5 Å². The van der Waals surface area contributed by atoms with Crippen LogP contribution in [0.2, 0.25) is 0 Å². The SMILES string of the molecule is CCCCCC/C=C/CCCCCCCC(=O)C(O)(C(O)C(=O)CCCCCCCCCCCCC)C1(O)C(=O)CCC1=O. The second kappa shape index (κ2) is 23.6. The molecule has 2 unspecified atom stereocenters. The number of allylic oxidation sites excluding steroid dienone is 2. The zero-order valence-electron chi connectivity index (χ0n) is 28.1. The Morgan fingerprint density at radius 2 is 1.02 bits per heavy atom. The van der Waals surface area contributed by atoms with Gasteiger partial charge in [0.25, 0.3) is 0 Å². The third-order valence-electron chi connectivity index (χ3n) is 9.26. The lowest BCUT2D eigenvalue weighted by atomic mass is 9.70. The summed E-state index contributed by atoms with van der Waals surface area (Å²) >= 11 is 0. The minimum absolute atomic E-state index is 0.0978. The second-order valence-corrected chi connectivity index (χ2v) is 13.0. The van der Waals surface area contributed by atoms with Gasteiger partial charge in [0.05, 0.1) is 0 Å². The Hall–Kier alpha value is -1.70. The largest absolute Gasteiger partial charge is 0.382 e. The van der Waals surface area contributed by atoms with Gasteiger partial charge < -0.3 is 15.3 Å². The van der Waals surface area contributed by atoms with E-state index in [-0.39, 0.29) is 25.7 Å². The summed E-state index contributed by atoms with van der Waals surface area (Å²) in [7, 11) is 0. The number of carbonyl (C=O) groups is 4. The normalized spacial score (nSPS) is 16.9. The lowest BCUT2D eigenvalue weighted by molar-refractivity contribution is -0.202. The van der Waals surface area contributed by atoms with Crippen molar-refractivity contribution in [3.05, 3.63) is 12.2 Å². The van der Waals surface area contributed by atoms with Gasteiger partial charge in [0.15, 0.2) is 34.8 Å². The van der Waals surface area contributed by atoms with Crippen LogP contribution in [0.5, 0.6) is 0 Å². The minimum Gasteiger partial charge on any atom is -0.382 e. The van der Waals surface area contributed by atoms with E-state index < -0.39 is 40.4 Å². The first-order chi connectivity index (χ1) is 21.2. The lowest BCUT2D eigenvalue weighted by Gasteiger charge is -2.40. The Morgan fingerprint density at radius 1 is 0.659 bits per heavy atom. The molecule has 0 radical (unpaired) electrons. The van der Waals surface area contributed by atoms with Crippen molar-refractivity contribution in [3.63, 3.8) is 0 Å². The second-order valence-electron chi connectivity index (χ2n) is 13.0. The molecule has 0 heterocycles. The predicted octanol–water partition coefficient (Wildman–Crippen LogP) is 7.84. The van der Waals surface area contributed by atoms with E-state index in [1.165, 1.54) is 64.2 Å². The molecule has 0 aromatic carbocycles. The molecule has 2 atom stereocenters. The van der Waals surface area contributed by atoms with E-state index in [1.807, 2.05) is 0 Å². The summed E-state index contributed by atoms with van der Waals surface area (Å²) in [6, 6.07) is 0. The van der Waals surface area contributed by atoms with Crippen molar-refractivity contribution in [2.75, 3.05) is 0 Å². The van der Waals surface area contributed by atoms with E-state index in [0.29, 0.717) is 19.3 Å². The topological polar surface area (TPSA) is 129 Å². The highest BCUT2D eigenvalue weighted by atomic mass is 16.4. The van der Waals surface area contributed by atoms with Crippen LogP contribution in [-0.2, 0) is 19.2 Å². The maximum absolute atomic E-state index is 13.3. The number of hydrogen-bond donors (Lipinski definition) is 3. The molecule has 0 amide bonds. The van der Waals surface area contributed by atoms with Crippen molar-refractivity contribution in [1.29, 1.82) is 0 Å². The molecule has 1 rings (SSSR count). The molecular formula is C37H64O7. The van der Waals surface area contributed by atoms with Crippen LogP contribution in [0.15, 0.2) is 12.2 Å². The molecule has 44 heavy (non-hydrogen) atoms. The fourth-order valence-electron chi connectivity index (χ4n) is 6.25. The molecule has 0 bridgehead atoms. The fourth-order valence-corrected chi connectivity index (χ4v) is 6.25. The molecule has 1 fully saturated rings. The van der Waals surface area contributed by atoms with Gasteiger partial charge in [-0.2, -0.15) is 0 Å². The van der Waals surface area contributed by atoms with Crippen LogP contribution in [0.25, 0.3) is 0 Å². The van der Waals surface area contributed by atoms with Gasteiger partial charge in [-0.15, -0.1) is 0 Å². The van der Waals surface area contributed by atoms with E-state index in [2.05, 4.69) is 26.0 Å². The monoisotopic (exact) mass is 620 g/mol. The van der Waals surface area contributed by atoms with Crippen molar-refractivity contribution >= 4 is 23.1 Å². The Morgan fingerprint density at radius 3 is 1.48 bits per heavy atom. The van der Waals surface area contributed by atoms with Crippen LogP contribution >= 0.6 is 0 Å². The van der Waals surface area contributed by atoms with Crippen LogP contribution < -0.4 is 0 Å². The van der Waals surface area contributed by atoms with Crippen molar-refractivity contribution in [2.45, 2.75) is 198 Å². The van der Waals surface area contributed by atoms with Crippen LogP contribution in [0.3, 0.4) is 0 Å².